The lowest BCUT2D eigenvalue weighted by Gasteiger charge is -2.28. The fourth-order valence-electron chi connectivity index (χ4n) is 3.53. The van der Waals surface area contributed by atoms with Gasteiger partial charge in [-0.2, -0.15) is 0 Å². The molecule has 31 heavy (non-hydrogen) atoms. The van der Waals surface area contributed by atoms with Gasteiger partial charge in [0, 0.05) is 11.3 Å². The van der Waals surface area contributed by atoms with Crippen molar-refractivity contribution in [2.45, 2.75) is 19.5 Å². The first-order valence-electron chi connectivity index (χ1n) is 9.79. The second-order valence-electron chi connectivity index (χ2n) is 7.29. The van der Waals surface area contributed by atoms with Crippen LogP contribution >= 0.6 is 0 Å². The predicted molar refractivity (Wildman–Crippen MR) is 112 cm³/mol. The van der Waals surface area contributed by atoms with Crippen LogP contribution in [0.4, 0.5) is 14.5 Å². The third-order valence-electron chi connectivity index (χ3n) is 5.27. The second-order valence-corrected chi connectivity index (χ2v) is 7.29. The van der Waals surface area contributed by atoms with E-state index in [4.69, 9.17) is 4.74 Å². The molecule has 3 aromatic rings. The van der Waals surface area contributed by atoms with E-state index in [2.05, 4.69) is 5.32 Å². The Morgan fingerprint density at radius 1 is 1.06 bits per heavy atom. The molecule has 3 aromatic carbocycles. The van der Waals surface area contributed by atoms with Gasteiger partial charge in [0.15, 0.2) is 6.61 Å². The number of rotatable bonds is 4. The number of halogens is 2. The highest BCUT2D eigenvalue weighted by Crippen LogP contribution is 2.31. The molecule has 1 N–H and O–H groups in total. The van der Waals surface area contributed by atoms with Crippen LogP contribution < -0.4 is 10.1 Å². The number of fused-ring (bicyclic) bond motifs is 1. The van der Waals surface area contributed by atoms with E-state index in [0.717, 1.165) is 5.56 Å². The first-order chi connectivity index (χ1) is 14.9. The maximum absolute atomic E-state index is 13.9. The lowest BCUT2D eigenvalue weighted by Crippen LogP contribution is -2.34. The molecule has 0 unspecified atom stereocenters. The summed E-state index contributed by atoms with van der Waals surface area (Å²) in [6.45, 7) is 1.98. The quantitative estimate of drug-likeness (QED) is 0.663. The summed E-state index contributed by atoms with van der Waals surface area (Å²) < 4.78 is 32.8. The monoisotopic (exact) mass is 422 g/mol. The molecule has 0 fully saturated rings. The highest BCUT2D eigenvalue weighted by Gasteiger charge is 2.27. The number of nitrogens with one attached hydrogen (secondary N) is 1. The SMILES string of the molecule is C[C@H](c1ccc(F)cc1)N1Cc2cc(NC(=O)c3ccccc3F)ccc2OCC1=O. The Bertz CT molecular complexity index is 1130. The Kier molecular flexibility index (Phi) is 5.66. The van der Waals surface area contributed by atoms with Crippen molar-refractivity contribution in [3.63, 3.8) is 0 Å². The molecule has 0 saturated heterocycles. The van der Waals surface area contributed by atoms with Gasteiger partial charge in [0.1, 0.15) is 17.4 Å². The molecule has 4 rings (SSSR count). The Balaban J connectivity index is 1.58. The zero-order valence-electron chi connectivity index (χ0n) is 16.8. The lowest BCUT2D eigenvalue weighted by atomic mass is 10.1. The fraction of sp³-hybridized carbons (Fsp3) is 0.167. The summed E-state index contributed by atoms with van der Waals surface area (Å²) >= 11 is 0. The number of carbonyl (C=O) groups is 2. The number of hydrogen-bond acceptors (Lipinski definition) is 3. The Morgan fingerprint density at radius 2 is 1.81 bits per heavy atom. The van der Waals surface area contributed by atoms with E-state index < -0.39 is 11.7 Å². The number of carbonyl (C=O) groups excluding carboxylic acids is 2. The normalized spacial score (nSPS) is 14.3. The lowest BCUT2D eigenvalue weighted by molar-refractivity contribution is -0.135. The molecule has 2 amide bonds. The molecule has 1 heterocycles. The number of hydrogen-bond donors (Lipinski definition) is 1. The van der Waals surface area contributed by atoms with E-state index >= 15 is 0 Å². The smallest absolute Gasteiger partial charge is 0.261 e. The molecule has 0 saturated carbocycles. The number of ether oxygens (including phenoxy) is 1. The van der Waals surface area contributed by atoms with Crippen molar-refractivity contribution in [2.75, 3.05) is 11.9 Å². The Morgan fingerprint density at radius 3 is 2.55 bits per heavy atom. The van der Waals surface area contributed by atoms with Crippen molar-refractivity contribution < 1.29 is 23.1 Å². The predicted octanol–water partition coefficient (Wildman–Crippen LogP) is 4.70. The largest absolute Gasteiger partial charge is 0.483 e. The Hall–Kier alpha value is -3.74. The van der Waals surface area contributed by atoms with Crippen LogP contribution in [0, 0.1) is 11.6 Å². The Labute approximate surface area is 178 Å². The maximum Gasteiger partial charge on any atom is 0.261 e. The standard InChI is InChI=1S/C24H20F2N2O3/c1-15(16-6-8-18(25)9-7-16)28-13-17-12-19(10-11-22(17)31-14-23(28)29)27-24(30)20-4-2-3-5-21(20)26/h2-12,15H,13-14H2,1H3,(H,27,30)/t15-/m1/s1. The summed E-state index contributed by atoms with van der Waals surface area (Å²) in [7, 11) is 0. The van der Waals surface area contributed by atoms with Gasteiger partial charge < -0.3 is 15.0 Å². The van der Waals surface area contributed by atoms with Crippen LogP contribution in [0.1, 0.15) is 34.5 Å². The van der Waals surface area contributed by atoms with E-state index in [1.807, 2.05) is 6.92 Å². The molecule has 5 nitrogen and oxygen atoms in total. The minimum atomic E-state index is -0.608. The van der Waals surface area contributed by atoms with Gasteiger partial charge in [0.05, 0.1) is 18.2 Å². The summed E-state index contributed by atoms with van der Waals surface area (Å²) in [5, 5.41) is 2.68. The second kappa shape index (κ2) is 8.55. The summed E-state index contributed by atoms with van der Waals surface area (Å²) in [6.07, 6.45) is 0. The molecule has 7 heteroatoms. The minimum absolute atomic E-state index is 0.0598. The van der Waals surface area contributed by atoms with E-state index in [9.17, 15) is 18.4 Å². The molecule has 1 atom stereocenters. The topological polar surface area (TPSA) is 58.6 Å². The summed E-state index contributed by atoms with van der Waals surface area (Å²) in [6, 6.07) is 16.4. The molecule has 0 spiro atoms. The van der Waals surface area contributed by atoms with Gasteiger partial charge in [-0.1, -0.05) is 24.3 Å². The zero-order chi connectivity index (χ0) is 22.0. The summed E-state index contributed by atoms with van der Waals surface area (Å²) in [4.78, 5) is 26.7. The van der Waals surface area contributed by atoms with Crippen molar-refractivity contribution in [2.24, 2.45) is 0 Å². The zero-order valence-corrected chi connectivity index (χ0v) is 16.8. The highest BCUT2D eigenvalue weighted by molar-refractivity contribution is 6.04. The van der Waals surface area contributed by atoms with E-state index in [-0.39, 0.29) is 36.5 Å². The molecule has 0 aromatic heterocycles. The third-order valence-corrected chi connectivity index (χ3v) is 5.27. The van der Waals surface area contributed by atoms with E-state index in [1.165, 1.54) is 30.3 Å². The van der Waals surface area contributed by atoms with Crippen LogP contribution in [0.3, 0.4) is 0 Å². The third kappa shape index (κ3) is 4.40. The first-order valence-corrected chi connectivity index (χ1v) is 9.79. The maximum atomic E-state index is 13.9. The van der Waals surface area contributed by atoms with Crippen LogP contribution in [-0.4, -0.2) is 23.3 Å². The van der Waals surface area contributed by atoms with Crippen LogP contribution in [0.5, 0.6) is 5.75 Å². The van der Waals surface area contributed by atoms with Crippen molar-refractivity contribution in [1.82, 2.24) is 4.90 Å². The first kappa shape index (κ1) is 20.5. The van der Waals surface area contributed by atoms with Crippen molar-refractivity contribution in [3.05, 3.63) is 95.1 Å². The van der Waals surface area contributed by atoms with Gasteiger partial charge in [0.25, 0.3) is 11.8 Å². The van der Waals surface area contributed by atoms with Crippen LogP contribution in [0.2, 0.25) is 0 Å². The van der Waals surface area contributed by atoms with Crippen LogP contribution in [0.15, 0.2) is 66.7 Å². The molecular formula is C24H20F2N2O3. The van der Waals surface area contributed by atoms with Gasteiger partial charge in [-0.15, -0.1) is 0 Å². The van der Waals surface area contributed by atoms with Crippen molar-refractivity contribution >= 4 is 17.5 Å². The van der Waals surface area contributed by atoms with Crippen molar-refractivity contribution in [1.29, 1.82) is 0 Å². The average molecular weight is 422 g/mol. The molecule has 0 aliphatic carbocycles. The molecule has 0 radical (unpaired) electrons. The van der Waals surface area contributed by atoms with E-state index in [1.54, 1.807) is 41.3 Å². The minimum Gasteiger partial charge on any atom is -0.483 e. The van der Waals surface area contributed by atoms with Gasteiger partial charge >= 0.3 is 0 Å². The van der Waals surface area contributed by atoms with E-state index in [0.29, 0.717) is 17.0 Å². The molecular weight excluding hydrogens is 402 g/mol. The molecule has 158 valence electrons. The highest BCUT2D eigenvalue weighted by atomic mass is 19.1. The van der Waals surface area contributed by atoms with Crippen LogP contribution in [0.25, 0.3) is 0 Å². The van der Waals surface area contributed by atoms with Gasteiger partial charge in [-0.05, 0) is 55.0 Å². The number of nitrogens with zero attached hydrogens (tertiary/aromatic N) is 1. The number of anilines is 1. The molecule has 1 aliphatic rings. The molecule has 1 aliphatic heterocycles. The average Bonchev–Trinajstić information content (AvgIpc) is 2.92. The number of benzene rings is 3. The van der Waals surface area contributed by atoms with Gasteiger partial charge in [0.2, 0.25) is 0 Å². The van der Waals surface area contributed by atoms with Gasteiger partial charge in [-0.25, -0.2) is 8.78 Å². The fourth-order valence-corrected chi connectivity index (χ4v) is 3.53. The summed E-state index contributed by atoms with van der Waals surface area (Å²) in [5.41, 5.74) is 1.89. The number of amides is 2. The summed E-state index contributed by atoms with van der Waals surface area (Å²) in [5.74, 6) is -1.19. The van der Waals surface area contributed by atoms with Gasteiger partial charge in [-0.3, -0.25) is 9.59 Å². The van der Waals surface area contributed by atoms with Crippen molar-refractivity contribution in [3.8, 4) is 5.75 Å². The van der Waals surface area contributed by atoms with Crippen LogP contribution in [-0.2, 0) is 11.3 Å². The molecule has 0 bridgehead atoms.